The van der Waals surface area contributed by atoms with E-state index in [2.05, 4.69) is 199 Å². The zero-order valence-corrected chi connectivity index (χ0v) is 51.1. The molecule has 11 rings (SSSR count). The summed E-state index contributed by atoms with van der Waals surface area (Å²) < 4.78 is 0. The summed E-state index contributed by atoms with van der Waals surface area (Å²) in [6.45, 7) is 19.0. The van der Waals surface area contributed by atoms with Gasteiger partial charge in [-0.25, -0.2) is 0 Å². The van der Waals surface area contributed by atoms with E-state index in [1.807, 2.05) is 49.4 Å². The average molecular weight is 1190 g/mol. The van der Waals surface area contributed by atoms with E-state index in [0.717, 1.165) is 104 Å². The number of rotatable bonds is 9. The Hall–Kier alpha value is -4.75. The van der Waals surface area contributed by atoms with Crippen LogP contribution in [0.1, 0.15) is 114 Å². The molecule has 4 unspecified atom stereocenters. The van der Waals surface area contributed by atoms with Crippen LogP contribution in [0.3, 0.4) is 0 Å². The molecule has 3 saturated heterocycles. The van der Waals surface area contributed by atoms with Crippen LogP contribution < -0.4 is 22.3 Å². The maximum atomic E-state index is 11.0. The van der Waals surface area contributed by atoms with E-state index in [-0.39, 0.29) is 85.4 Å². The summed E-state index contributed by atoms with van der Waals surface area (Å²) in [7, 11) is 0. The predicted molar refractivity (Wildman–Crippen MR) is 342 cm³/mol. The van der Waals surface area contributed by atoms with Gasteiger partial charge in [0.05, 0.1) is 12.2 Å². The molecule has 81 heavy (non-hydrogen) atoms. The number of nitrogens with one attached hydrogen (secondary N) is 1. The van der Waals surface area contributed by atoms with Crippen molar-refractivity contribution in [1.29, 1.82) is 0 Å². The van der Waals surface area contributed by atoms with E-state index >= 15 is 0 Å². The fourth-order valence-electron chi connectivity index (χ4n) is 10.7. The molecule has 3 fully saturated rings. The second-order valence-corrected chi connectivity index (χ2v) is 20.9. The molecule has 4 aliphatic heterocycles. The maximum absolute atomic E-state index is 11.0. The monoisotopic (exact) mass is 1190 g/mol. The third-order valence-electron chi connectivity index (χ3n) is 15.1. The Morgan fingerprint density at radius 3 is 1.42 bits per heavy atom. The van der Waals surface area contributed by atoms with Crippen LogP contribution in [0.4, 0.5) is 0 Å². The van der Waals surface area contributed by atoms with Crippen molar-refractivity contribution in [2.45, 2.75) is 118 Å². The molecule has 0 amide bonds. The number of aliphatic hydroxyl groups excluding tert-OH is 2. The number of benzene rings is 7. The number of carbonyl (C=O) groups is 1. The molecular weight excluding hydrogens is 1100 g/mol. The minimum atomic E-state index is -0.274. The smallest absolute Gasteiger partial charge is 1.00 e. The summed E-state index contributed by atoms with van der Waals surface area (Å²) in [4.78, 5) is 18.2. The quantitative estimate of drug-likeness (QED) is 0.0982. The van der Waals surface area contributed by atoms with Gasteiger partial charge in [-0.05, 0) is 109 Å². The molecule has 7 aromatic rings. The van der Waals surface area contributed by atoms with E-state index in [1.165, 1.54) is 61.2 Å². The molecule has 0 spiro atoms. The molecule has 4 atom stereocenters. The van der Waals surface area contributed by atoms with Gasteiger partial charge < -0.3 is 32.5 Å². The van der Waals surface area contributed by atoms with Gasteiger partial charge >= 0.3 is 23.1 Å². The van der Waals surface area contributed by atoms with Crippen molar-refractivity contribution in [3.63, 3.8) is 0 Å². The summed E-state index contributed by atoms with van der Waals surface area (Å²) in [5, 5.41) is 23.6. The molecule has 4 aliphatic rings. The van der Waals surface area contributed by atoms with Crippen molar-refractivity contribution in [1.82, 2.24) is 20.0 Å². The van der Waals surface area contributed by atoms with Crippen molar-refractivity contribution in [3.8, 4) is 0 Å². The van der Waals surface area contributed by atoms with Crippen LogP contribution in [0, 0.1) is 33.8 Å². The molecular formula is C71H92BrClMgN4O3. The molecule has 0 bridgehead atoms. The molecule has 430 valence electrons. The van der Waals surface area contributed by atoms with Gasteiger partial charge in [-0.15, -0.1) is 12.4 Å². The number of ketones is 1. The van der Waals surface area contributed by atoms with Gasteiger partial charge in [0, 0.05) is 83.6 Å². The second kappa shape index (κ2) is 39.7. The molecule has 0 saturated carbocycles. The number of nitrogens with zero attached hydrogens (tertiary/aromatic N) is 3. The number of piperidine rings is 3. The Bertz CT molecular complexity index is 2800. The summed E-state index contributed by atoms with van der Waals surface area (Å²) in [5.74, 6) is 1.00. The second-order valence-electron chi connectivity index (χ2n) is 20.9. The Morgan fingerprint density at radius 1 is 0.519 bits per heavy atom. The molecule has 0 aromatic heterocycles. The Balaban J connectivity index is 0.000000352. The number of hydrogen-bond acceptors (Lipinski definition) is 7. The van der Waals surface area contributed by atoms with Crippen LogP contribution in [0.2, 0.25) is 0 Å². The minimum absolute atomic E-state index is 0. The first kappa shape index (κ1) is 72.3. The number of Topliss-reactive ketones (excluding diaryl/α,β-unsaturated/α-hetero) is 1. The van der Waals surface area contributed by atoms with Gasteiger partial charge in [-0.2, -0.15) is 35.9 Å². The standard InChI is InChI=1S/C19H23NO.C19H21N.C12H17NO.C12H15NO.C7H7.2CH4.BrH.ClH.Mg/c1-15-7-5-6-10-17(15)18-11-12-20(14-19(18)21)13-16-8-3-2-4-9-16;1-16-7-5-6-10-19(16)18-11-13-20(14-12-18)15-17-8-3-2-4-9-17;1-9-4-2-3-5-10(9)11-6-7-13-8-12(11)14;14-12-6-8-13(9-7-12)10-11-4-2-1-3-5-11;1-7-5-3-2-4-6-7;;;;;/h2-10,18-19,21H,11-14H2,1H3;2-11H,12-15H2,1H3;2-5,11-14H,6-8H2,1H3;1-5H,6-10H2;2-5H,1H3;2*1H4;2*1H;/q;;;;-1;;;;;+2/p-1. The average Bonchev–Trinajstić information content (AvgIpc) is 3.48. The molecule has 3 N–H and O–H groups in total. The van der Waals surface area contributed by atoms with Crippen molar-refractivity contribution >= 4 is 46.8 Å². The van der Waals surface area contributed by atoms with E-state index in [9.17, 15) is 15.0 Å². The molecule has 7 aromatic carbocycles. The van der Waals surface area contributed by atoms with Crippen molar-refractivity contribution in [2.75, 3.05) is 52.4 Å². The van der Waals surface area contributed by atoms with Crippen molar-refractivity contribution in [2.24, 2.45) is 0 Å². The molecule has 4 heterocycles. The minimum Gasteiger partial charge on any atom is -1.00 e. The summed E-state index contributed by atoms with van der Waals surface area (Å²) >= 11 is 0. The summed E-state index contributed by atoms with van der Waals surface area (Å²) in [5.41, 5.74) is 14.8. The van der Waals surface area contributed by atoms with Gasteiger partial charge in [0.15, 0.2) is 0 Å². The fraction of sp³-hybridized carbons (Fsp3) is 0.366. The predicted octanol–water partition coefficient (Wildman–Crippen LogP) is 11.0. The van der Waals surface area contributed by atoms with Gasteiger partial charge in [-0.3, -0.25) is 19.5 Å². The normalized spacial score (nSPS) is 18.6. The first-order valence-corrected chi connectivity index (χ1v) is 27.8. The van der Waals surface area contributed by atoms with Gasteiger partial charge in [0.25, 0.3) is 0 Å². The number of aryl methyl sites for hydroxylation is 4. The van der Waals surface area contributed by atoms with Crippen LogP contribution in [0.5, 0.6) is 0 Å². The largest absolute Gasteiger partial charge is 2.00 e. The third kappa shape index (κ3) is 24.5. The SMILES string of the molecule is C.C.Cc1[c-]cccc1.Cc1ccccc1C1=CCN(Cc2ccccc2)CC1.Cc1ccccc1C1CCN(Cc2ccccc2)CC1O.Cc1ccccc1C1CCNCC1O.Cl.O=C1CCN(Cc2ccccc2)CC1.[Br-].[Mg+2]. The van der Waals surface area contributed by atoms with Gasteiger partial charge in [0.1, 0.15) is 5.78 Å². The Kier molecular flexibility index (Phi) is 35.4. The topological polar surface area (TPSA) is 79.3 Å². The number of β-amino-alcohol motifs (C(OH)–C–C–N with tert-alkyl or cyclic N) is 2. The number of carbonyl (C=O) groups excluding carboxylic acids is 1. The first-order chi connectivity index (χ1) is 37.1. The zero-order chi connectivity index (χ0) is 53.3. The van der Waals surface area contributed by atoms with Crippen LogP contribution in [-0.2, 0) is 24.4 Å². The summed E-state index contributed by atoms with van der Waals surface area (Å²) in [6.07, 6.45) is 6.56. The third-order valence-corrected chi connectivity index (χ3v) is 15.1. The van der Waals surface area contributed by atoms with E-state index in [4.69, 9.17) is 0 Å². The zero-order valence-electron chi connectivity index (χ0n) is 47.2. The number of halogens is 2. The Labute approximate surface area is 521 Å². The van der Waals surface area contributed by atoms with Crippen molar-refractivity contribution < 1.29 is 32.0 Å². The number of aliphatic hydroxyl groups is 2. The fourth-order valence-corrected chi connectivity index (χ4v) is 10.7. The van der Waals surface area contributed by atoms with E-state index < -0.39 is 0 Å². The van der Waals surface area contributed by atoms with Gasteiger partial charge in [-0.1, -0.05) is 192 Å². The van der Waals surface area contributed by atoms with E-state index in [1.54, 1.807) is 0 Å². The van der Waals surface area contributed by atoms with E-state index in [0.29, 0.717) is 11.7 Å². The molecule has 0 aliphatic carbocycles. The van der Waals surface area contributed by atoms with Crippen LogP contribution in [0.25, 0.3) is 5.57 Å². The van der Waals surface area contributed by atoms with Crippen molar-refractivity contribution in [3.05, 3.63) is 256 Å². The van der Waals surface area contributed by atoms with Crippen LogP contribution >= 0.6 is 12.4 Å². The number of likely N-dealkylation sites (tertiary alicyclic amines) is 2. The summed E-state index contributed by atoms with van der Waals surface area (Å²) in [6, 6.07) is 68.1. The van der Waals surface area contributed by atoms with Gasteiger partial charge in [0.2, 0.25) is 0 Å². The molecule has 0 radical (unpaired) electrons. The first-order valence-electron chi connectivity index (χ1n) is 27.8. The molecule has 7 nitrogen and oxygen atoms in total. The number of hydrogen-bond donors (Lipinski definition) is 3. The molecule has 10 heteroatoms. The Morgan fingerprint density at radius 2 is 0.975 bits per heavy atom. The maximum Gasteiger partial charge on any atom is 2.00 e. The van der Waals surface area contributed by atoms with Crippen LogP contribution in [0.15, 0.2) is 194 Å². The van der Waals surface area contributed by atoms with Crippen LogP contribution in [-0.4, -0.2) is 118 Å².